The number of rotatable bonds is 6. The molecule has 0 aliphatic heterocycles. The highest BCUT2D eigenvalue weighted by Gasteiger charge is 2.15. The predicted octanol–water partition coefficient (Wildman–Crippen LogP) is 3.96. The minimum absolute atomic E-state index is 0.393. The van der Waals surface area contributed by atoms with Crippen molar-refractivity contribution in [1.82, 2.24) is 24.9 Å². The summed E-state index contributed by atoms with van der Waals surface area (Å²) in [6.07, 6.45) is 1.28. The molecule has 8 nitrogen and oxygen atoms in total. The van der Waals surface area contributed by atoms with Crippen molar-refractivity contribution in [3.05, 3.63) is 29.0 Å². The summed E-state index contributed by atoms with van der Waals surface area (Å²) in [5, 5.41) is 15.1. The monoisotopic (exact) mass is 404 g/mol. The fourth-order valence-corrected chi connectivity index (χ4v) is 2.99. The summed E-state index contributed by atoms with van der Waals surface area (Å²) >= 11 is 6.13. The van der Waals surface area contributed by atoms with Gasteiger partial charge in [0.05, 0.1) is 11.0 Å². The van der Waals surface area contributed by atoms with Crippen LogP contribution in [-0.4, -0.2) is 44.4 Å². The normalized spacial score (nSPS) is 11.8. The third-order valence-corrected chi connectivity index (χ3v) is 4.25. The van der Waals surface area contributed by atoms with Gasteiger partial charge in [-0.3, -0.25) is 4.40 Å². The predicted molar refractivity (Wildman–Crippen MR) is 110 cm³/mol. The van der Waals surface area contributed by atoms with Gasteiger partial charge in [-0.2, -0.15) is 0 Å². The van der Waals surface area contributed by atoms with Gasteiger partial charge in [0, 0.05) is 18.1 Å². The minimum atomic E-state index is -0.487. The summed E-state index contributed by atoms with van der Waals surface area (Å²) < 4.78 is 7.16. The fraction of sp³-hybridized carbons (Fsp3) is 0.474. The first-order valence-electron chi connectivity index (χ1n) is 9.26. The number of carbonyl (C=O) groups excluding carboxylic acids is 1. The molecule has 28 heavy (non-hydrogen) atoms. The molecule has 0 aliphatic rings. The van der Waals surface area contributed by atoms with E-state index in [9.17, 15) is 4.79 Å². The van der Waals surface area contributed by atoms with Crippen LogP contribution in [0.15, 0.2) is 18.2 Å². The van der Waals surface area contributed by atoms with Gasteiger partial charge in [0.25, 0.3) is 0 Å². The highest BCUT2D eigenvalue weighted by Crippen LogP contribution is 2.24. The number of unbranched alkanes of at least 4 members (excludes halogenated alkanes) is 1. The molecule has 150 valence electrons. The Kier molecular flexibility index (Phi) is 5.88. The van der Waals surface area contributed by atoms with Gasteiger partial charge in [0.2, 0.25) is 5.65 Å². The van der Waals surface area contributed by atoms with Crippen LogP contribution in [-0.2, 0) is 4.74 Å². The maximum atomic E-state index is 11.6. The van der Waals surface area contributed by atoms with Crippen molar-refractivity contribution < 1.29 is 9.53 Å². The number of hydrogen-bond donors (Lipinski definition) is 2. The van der Waals surface area contributed by atoms with Crippen LogP contribution in [0.4, 0.5) is 10.6 Å². The summed E-state index contributed by atoms with van der Waals surface area (Å²) in [4.78, 5) is 16.3. The molecule has 2 aromatic heterocycles. The number of nitrogens with zero attached hydrogens (tertiary/aromatic N) is 4. The van der Waals surface area contributed by atoms with Crippen LogP contribution in [0.3, 0.4) is 0 Å². The second kappa shape index (κ2) is 8.18. The molecular formula is C19H25ClN6O2. The number of aryl methyl sites for hydroxylation is 1. The number of fused-ring (bicyclic) bond motifs is 3. The van der Waals surface area contributed by atoms with E-state index in [0.717, 1.165) is 29.7 Å². The minimum Gasteiger partial charge on any atom is -0.444 e. The summed E-state index contributed by atoms with van der Waals surface area (Å²) in [5.41, 5.74) is 1.87. The smallest absolute Gasteiger partial charge is 0.407 e. The molecule has 1 amide bonds. The molecule has 2 heterocycles. The number of ether oxygens (including phenoxy) is 1. The molecule has 3 aromatic rings. The number of halogens is 1. The number of hydrogen-bond acceptors (Lipinski definition) is 6. The molecule has 0 saturated carbocycles. The van der Waals surface area contributed by atoms with Crippen molar-refractivity contribution in [1.29, 1.82) is 0 Å². The quantitative estimate of drug-likeness (QED) is 0.604. The molecule has 2 N–H and O–H groups in total. The average Bonchev–Trinajstić information content (AvgIpc) is 2.99. The first-order chi connectivity index (χ1) is 13.2. The van der Waals surface area contributed by atoms with E-state index in [2.05, 4.69) is 25.8 Å². The molecule has 0 spiro atoms. The summed E-state index contributed by atoms with van der Waals surface area (Å²) in [6.45, 7) is 8.67. The van der Waals surface area contributed by atoms with Crippen LogP contribution in [0.25, 0.3) is 16.7 Å². The van der Waals surface area contributed by atoms with Crippen molar-refractivity contribution in [2.24, 2.45) is 0 Å². The molecular weight excluding hydrogens is 380 g/mol. The Morgan fingerprint density at radius 1 is 1.21 bits per heavy atom. The van der Waals surface area contributed by atoms with Gasteiger partial charge >= 0.3 is 6.09 Å². The second-order valence-corrected chi connectivity index (χ2v) is 8.00. The lowest BCUT2D eigenvalue weighted by molar-refractivity contribution is 0.0527. The first-order valence-corrected chi connectivity index (χ1v) is 9.64. The number of carbonyl (C=O) groups is 1. The van der Waals surface area contributed by atoms with Crippen molar-refractivity contribution in [3.8, 4) is 0 Å². The van der Waals surface area contributed by atoms with Gasteiger partial charge in [-0.1, -0.05) is 11.6 Å². The Balaban J connectivity index is 1.59. The van der Waals surface area contributed by atoms with Crippen molar-refractivity contribution in [2.45, 2.75) is 46.1 Å². The van der Waals surface area contributed by atoms with E-state index < -0.39 is 11.7 Å². The number of anilines is 1. The zero-order chi connectivity index (χ0) is 20.3. The molecule has 0 radical (unpaired) electrons. The molecule has 9 heteroatoms. The third kappa shape index (κ3) is 4.81. The van der Waals surface area contributed by atoms with Gasteiger partial charge in [0.1, 0.15) is 11.4 Å². The molecule has 0 saturated heterocycles. The highest BCUT2D eigenvalue weighted by atomic mass is 35.5. The van der Waals surface area contributed by atoms with Crippen molar-refractivity contribution in [3.63, 3.8) is 0 Å². The Bertz CT molecular complexity index is 995. The van der Waals surface area contributed by atoms with Crippen LogP contribution in [0.2, 0.25) is 5.02 Å². The third-order valence-electron chi connectivity index (χ3n) is 4.01. The van der Waals surface area contributed by atoms with Crippen LogP contribution in [0.1, 0.15) is 39.4 Å². The Labute approximate surface area is 168 Å². The topological polar surface area (TPSA) is 93.4 Å². The number of amides is 1. The number of alkyl carbamates (subject to hydrolysis) is 1. The molecule has 3 rings (SSSR count). The Hall–Kier alpha value is -2.61. The van der Waals surface area contributed by atoms with E-state index in [0.29, 0.717) is 29.6 Å². The lowest BCUT2D eigenvalue weighted by Crippen LogP contribution is -2.33. The molecule has 0 fully saturated rings. The van der Waals surface area contributed by atoms with Gasteiger partial charge < -0.3 is 15.4 Å². The maximum absolute atomic E-state index is 11.6. The van der Waals surface area contributed by atoms with Crippen molar-refractivity contribution >= 4 is 40.2 Å². The largest absolute Gasteiger partial charge is 0.444 e. The Morgan fingerprint density at radius 2 is 1.96 bits per heavy atom. The van der Waals surface area contributed by atoms with Crippen LogP contribution < -0.4 is 10.6 Å². The Morgan fingerprint density at radius 3 is 2.71 bits per heavy atom. The van der Waals surface area contributed by atoms with E-state index in [4.69, 9.17) is 16.3 Å². The van der Waals surface area contributed by atoms with Crippen LogP contribution in [0.5, 0.6) is 0 Å². The van der Waals surface area contributed by atoms with E-state index in [1.165, 1.54) is 0 Å². The number of aromatic nitrogens is 4. The van der Waals surface area contributed by atoms with Gasteiger partial charge in [-0.15, -0.1) is 10.2 Å². The van der Waals surface area contributed by atoms with Gasteiger partial charge in [0.15, 0.2) is 5.82 Å². The molecule has 1 aromatic carbocycles. The summed E-state index contributed by atoms with van der Waals surface area (Å²) in [6, 6.07) is 5.56. The molecule has 0 unspecified atom stereocenters. The number of nitrogens with one attached hydrogen (secondary N) is 2. The number of benzene rings is 1. The van der Waals surface area contributed by atoms with E-state index >= 15 is 0 Å². The van der Waals surface area contributed by atoms with E-state index in [1.807, 2.05) is 50.3 Å². The standard InChI is InChI=1S/C19H25ClN6O2/c1-12-24-25-17-16(23-14-8-7-13(20)11-15(14)26(12)17)21-9-5-6-10-22-18(27)28-19(2,3)4/h7-8,11H,5-6,9-10H2,1-4H3,(H,21,23)(H,22,27). The maximum Gasteiger partial charge on any atom is 0.407 e. The average molecular weight is 405 g/mol. The zero-order valence-corrected chi connectivity index (χ0v) is 17.3. The van der Waals surface area contributed by atoms with Gasteiger partial charge in [-0.25, -0.2) is 9.78 Å². The van der Waals surface area contributed by atoms with E-state index in [-0.39, 0.29) is 0 Å². The van der Waals surface area contributed by atoms with Gasteiger partial charge in [-0.05, 0) is 58.7 Å². The van der Waals surface area contributed by atoms with Crippen LogP contribution >= 0.6 is 11.6 Å². The molecule has 0 bridgehead atoms. The second-order valence-electron chi connectivity index (χ2n) is 7.56. The summed E-state index contributed by atoms with van der Waals surface area (Å²) in [7, 11) is 0. The fourth-order valence-electron chi connectivity index (χ4n) is 2.82. The van der Waals surface area contributed by atoms with Crippen molar-refractivity contribution in [2.75, 3.05) is 18.4 Å². The van der Waals surface area contributed by atoms with Crippen LogP contribution in [0, 0.1) is 6.92 Å². The lowest BCUT2D eigenvalue weighted by Gasteiger charge is -2.19. The lowest BCUT2D eigenvalue weighted by atomic mass is 10.2. The zero-order valence-electron chi connectivity index (χ0n) is 16.5. The molecule has 0 atom stereocenters. The molecule has 0 aliphatic carbocycles. The summed E-state index contributed by atoms with van der Waals surface area (Å²) in [5.74, 6) is 1.45. The van der Waals surface area contributed by atoms with E-state index in [1.54, 1.807) is 0 Å². The SMILES string of the molecule is Cc1nnc2c(NCCCCNC(=O)OC(C)(C)C)nc3ccc(Cl)cc3n12. The highest BCUT2D eigenvalue weighted by molar-refractivity contribution is 6.31. The first kappa shape index (κ1) is 20.1.